The molecule has 2 N–H and O–H groups in total. The molecule has 4 nitrogen and oxygen atoms in total. The van der Waals surface area contributed by atoms with E-state index in [4.69, 9.17) is 4.99 Å². The highest BCUT2D eigenvalue weighted by Gasteiger charge is 2.26. The van der Waals surface area contributed by atoms with E-state index < -0.39 is 0 Å². The second-order valence-corrected chi connectivity index (χ2v) is 8.73. The van der Waals surface area contributed by atoms with Crippen molar-refractivity contribution in [2.75, 3.05) is 11.9 Å². The Hall–Kier alpha value is -2.49. The van der Waals surface area contributed by atoms with Gasteiger partial charge in [-0.05, 0) is 53.5 Å². The first-order chi connectivity index (χ1) is 12.9. The van der Waals surface area contributed by atoms with Crippen molar-refractivity contribution in [3.63, 3.8) is 0 Å². The van der Waals surface area contributed by atoms with Gasteiger partial charge in [0.1, 0.15) is 5.75 Å². The summed E-state index contributed by atoms with van der Waals surface area (Å²) >= 11 is 0. The fraction of sp³-hybridized carbons (Fsp3) is 0.435. The molecule has 1 fully saturated rings. The lowest BCUT2D eigenvalue weighted by Crippen LogP contribution is -2.40. The van der Waals surface area contributed by atoms with Crippen molar-refractivity contribution in [1.29, 1.82) is 0 Å². The van der Waals surface area contributed by atoms with E-state index in [0.29, 0.717) is 6.04 Å². The molecule has 4 heteroatoms. The van der Waals surface area contributed by atoms with Crippen LogP contribution in [0.4, 0.5) is 5.69 Å². The van der Waals surface area contributed by atoms with Crippen LogP contribution >= 0.6 is 0 Å². The Morgan fingerprint density at radius 3 is 2.56 bits per heavy atom. The lowest BCUT2D eigenvalue weighted by atomic mass is 9.87. The molecule has 1 heterocycles. The Morgan fingerprint density at radius 1 is 1.11 bits per heavy atom. The number of anilines is 1. The monoisotopic (exact) mass is 363 g/mol. The minimum absolute atomic E-state index is 0.0298. The molecular weight excluding hydrogens is 334 g/mol. The van der Waals surface area contributed by atoms with Crippen molar-refractivity contribution < 1.29 is 5.11 Å². The van der Waals surface area contributed by atoms with Crippen LogP contribution in [-0.2, 0) is 18.4 Å². The average Bonchev–Trinajstić information content (AvgIpc) is 3.45. The molecule has 1 aliphatic carbocycles. The van der Waals surface area contributed by atoms with Gasteiger partial charge in [0.05, 0.1) is 11.7 Å². The van der Waals surface area contributed by atoms with Crippen LogP contribution in [0.5, 0.6) is 5.75 Å². The smallest absolute Gasteiger partial charge is 0.199 e. The van der Waals surface area contributed by atoms with E-state index in [1.165, 1.54) is 16.7 Å². The molecule has 1 aliphatic heterocycles. The number of nitrogens with zero attached hydrogens (tertiary/aromatic N) is 2. The second kappa shape index (κ2) is 6.91. The summed E-state index contributed by atoms with van der Waals surface area (Å²) < 4.78 is 0. The summed E-state index contributed by atoms with van der Waals surface area (Å²) in [6.07, 6.45) is 3.34. The van der Waals surface area contributed by atoms with Gasteiger partial charge in [-0.1, -0.05) is 51.1 Å². The number of aromatic hydroxyl groups is 1. The number of aliphatic imine (C=N–C) groups is 1. The normalized spacial score (nSPS) is 17.6. The molecule has 2 aliphatic rings. The van der Waals surface area contributed by atoms with Crippen molar-refractivity contribution >= 4 is 11.6 Å². The summed E-state index contributed by atoms with van der Waals surface area (Å²) in [4.78, 5) is 7.24. The third-order valence-electron chi connectivity index (χ3n) is 5.39. The predicted molar refractivity (Wildman–Crippen MR) is 111 cm³/mol. The molecule has 1 saturated carbocycles. The highest BCUT2D eigenvalue weighted by molar-refractivity contribution is 5.95. The highest BCUT2D eigenvalue weighted by Crippen LogP contribution is 2.32. The first kappa shape index (κ1) is 17.9. The van der Waals surface area contributed by atoms with Gasteiger partial charge in [-0.15, -0.1) is 0 Å². The van der Waals surface area contributed by atoms with E-state index in [9.17, 15) is 5.11 Å². The van der Waals surface area contributed by atoms with Gasteiger partial charge >= 0.3 is 0 Å². The Kier molecular flexibility index (Phi) is 4.58. The number of guanidine groups is 1. The number of phenols is 1. The minimum Gasteiger partial charge on any atom is -0.506 e. The summed E-state index contributed by atoms with van der Waals surface area (Å²) in [5.74, 6) is 1.15. The molecule has 0 bridgehead atoms. The summed E-state index contributed by atoms with van der Waals surface area (Å²) in [5, 5.41) is 13.9. The molecule has 2 aromatic carbocycles. The Labute approximate surface area is 161 Å². The van der Waals surface area contributed by atoms with Crippen molar-refractivity contribution in [2.24, 2.45) is 4.99 Å². The Bertz CT molecular complexity index is 862. The van der Waals surface area contributed by atoms with Gasteiger partial charge in [-0.25, -0.2) is 4.99 Å². The maximum atomic E-state index is 10.4. The number of hydrogen-bond donors (Lipinski definition) is 2. The molecule has 4 rings (SSSR count). The first-order valence-electron chi connectivity index (χ1n) is 9.90. The summed E-state index contributed by atoms with van der Waals surface area (Å²) in [6.45, 7) is 8.35. The molecular formula is C23H29N3O. The minimum atomic E-state index is 0.0298. The van der Waals surface area contributed by atoms with Crippen LogP contribution in [0.1, 0.15) is 50.3 Å². The standard InChI is InChI=1S/C23H29N3O/c1-23(2,3)18-8-11-21(27)20(14-18)25-22(24-19-9-10-19)26-13-12-16-6-4-5-7-17(16)15-26/h4-8,11,14,19,27H,9-10,12-13,15H2,1-3H3,(H,24,25). The van der Waals surface area contributed by atoms with E-state index in [2.05, 4.69) is 61.3 Å². The van der Waals surface area contributed by atoms with Crippen LogP contribution in [0, 0.1) is 0 Å². The summed E-state index contributed by atoms with van der Waals surface area (Å²) in [7, 11) is 0. The maximum Gasteiger partial charge on any atom is 0.199 e. The van der Waals surface area contributed by atoms with Gasteiger partial charge in [-0.3, -0.25) is 0 Å². The van der Waals surface area contributed by atoms with Crippen LogP contribution in [0.15, 0.2) is 47.5 Å². The van der Waals surface area contributed by atoms with Crippen molar-refractivity contribution in [2.45, 2.75) is 58.0 Å². The molecule has 0 spiro atoms. The number of phenolic OH excluding ortho intramolecular Hbond substituents is 1. The highest BCUT2D eigenvalue weighted by atomic mass is 16.3. The number of fused-ring (bicyclic) bond motifs is 1. The third kappa shape index (κ3) is 4.10. The molecule has 142 valence electrons. The average molecular weight is 364 g/mol. The zero-order valence-electron chi connectivity index (χ0n) is 16.5. The molecule has 2 aromatic rings. The lowest BCUT2D eigenvalue weighted by molar-refractivity contribution is 0.391. The van der Waals surface area contributed by atoms with Gasteiger partial charge in [0.15, 0.2) is 5.96 Å². The summed E-state index contributed by atoms with van der Waals surface area (Å²) in [5.41, 5.74) is 4.75. The van der Waals surface area contributed by atoms with Crippen LogP contribution in [0.25, 0.3) is 0 Å². The predicted octanol–water partition coefficient (Wildman–Crippen LogP) is 4.68. The lowest BCUT2D eigenvalue weighted by Gasteiger charge is -2.32. The largest absolute Gasteiger partial charge is 0.506 e. The maximum absolute atomic E-state index is 10.4. The van der Waals surface area contributed by atoms with Gasteiger partial charge in [0.2, 0.25) is 0 Å². The molecule has 0 atom stereocenters. The zero-order valence-corrected chi connectivity index (χ0v) is 16.5. The van der Waals surface area contributed by atoms with Crippen molar-refractivity contribution in [1.82, 2.24) is 4.90 Å². The zero-order chi connectivity index (χ0) is 19.0. The number of benzene rings is 2. The number of nitrogens with one attached hydrogen (secondary N) is 1. The number of hydrogen-bond acceptors (Lipinski definition) is 2. The van der Waals surface area contributed by atoms with E-state index in [0.717, 1.165) is 44.0 Å². The van der Waals surface area contributed by atoms with E-state index in [1.54, 1.807) is 6.07 Å². The Balaban J connectivity index is 1.61. The molecule has 0 aromatic heterocycles. The summed E-state index contributed by atoms with van der Waals surface area (Å²) in [6, 6.07) is 14.9. The van der Waals surface area contributed by atoms with Crippen LogP contribution in [0.3, 0.4) is 0 Å². The third-order valence-corrected chi connectivity index (χ3v) is 5.39. The molecule has 0 saturated heterocycles. The van der Waals surface area contributed by atoms with Gasteiger partial charge < -0.3 is 15.3 Å². The Morgan fingerprint density at radius 2 is 1.85 bits per heavy atom. The first-order valence-corrected chi connectivity index (χ1v) is 9.90. The van der Waals surface area contributed by atoms with E-state index in [-0.39, 0.29) is 11.2 Å². The van der Waals surface area contributed by atoms with Crippen molar-refractivity contribution in [3.05, 3.63) is 59.2 Å². The van der Waals surface area contributed by atoms with Crippen LogP contribution < -0.4 is 5.32 Å². The second-order valence-electron chi connectivity index (χ2n) is 8.73. The fourth-order valence-corrected chi connectivity index (χ4v) is 3.47. The van der Waals surface area contributed by atoms with Gasteiger partial charge in [-0.2, -0.15) is 0 Å². The quantitative estimate of drug-likeness (QED) is 0.463. The molecule has 0 unspecified atom stereocenters. The topological polar surface area (TPSA) is 47.9 Å². The van der Waals surface area contributed by atoms with Gasteiger partial charge in [0, 0.05) is 13.1 Å². The van der Waals surface area contributed by atoms with Gasteiger partial charge in [0.25, 0.3) is 0 Å². The SMILES string of the molecule is CC(C)(C)c1ccc(O)c(NC(=NC2CC2)N2CCc3ccccc3C2)c1. The number of rotatable bonds is 2. The van der Waals surface area contributed by atoms with E-state index in [1.807, 2.05) is 6.07 Å². The fourth-order valence-electron chi connectivity index (χ4n) is 3.47. The molecule has 0 amide bonds. The molecule has 27 heavy (non-hydrogen) atoms. The van der Waals surface area contributed by atoms with Crippen molar-refractivity contribution in [3.8, 4) is 5.75 Å². The van der Waals surface area contributed by atoms with Crippen LogP contribution in [-0.4, -0.2) is 28.6 Å². The molecule has 0 radical (unpaired) electrons. The van der Waals surface area contributed by atoms with Crippen LogP contribution in [0.2, 0.25) is 0 Å². The van der Waals surface area contributed by atoms with E-state index >= 15 is 0 Å².